The lowest BCUT2D eigenvalue weighted by molar-refractivity contribution is -0.141. The molecule has 1 aliphatic rings. The first-order valence-corrected chi connectivity index (χ1v) is 3.18. The van der Waals surface area contributed by atoms with Crippen molar-refractivity contribution in [2.45, 2.75) is 19.3 Å². The van der Waals surface area contributed by atoms with Gasteiger partial charge in [0.25, 0.3) is 0 Å². The average Bonchev–Trinajstić information content (AvgIpc) is 1.90. The first-order chi connectivity index (χ1) is 4.30. The molecule has 0 aromatic rings. The van der Waals surface area contributed by atoms with Gasteiger partial charge in [0.15, 0.2) is 0 Å². The number of rotatable bonds is 1. The zero-order valence-electron chi connectivity index (χ0n) is 6.03. The van der Waals surface area contributed by atoms with Crippen molar-refractivity contribution < 1.29 is 9.90 Å². The van der Waals surface area contributed by atoms with Gasteiger partial charge in [-0.15, -0.1) is 24.8 Å². The van der Waals surface area contributed by atoms with Crippen LogP contribution < -0.4 is 0 Å². The first kappa shape index (κ1) is 13.4. The Hall–Kier alpha value is -0.210. The zero-order chi connectivity index (χ0) is 6.69. The second-order valence-corrected chi connectivity index (χ2v) is 2.32. The monoisotopic (exact) mass is 198 g/mol. The Morgan fingerprint density at radius 2 is 2.00 bits per heavy atom. The minimum absolute atomic E-state index is 0. The van der Waals surface area contributed by atoms with Gasteiger partial charge in [-0.1, -0.05) is 12.2 Å². The summed E-state index contributed by atoms with van der Waals surface area (Å²) in [5.41, 5.74) is 0. The molecule has 0 radical (unpaired) electrons. The molecule has 0 saturated heterocycles. The number of carboxylic acids is 1. The lowest BCUT2D eigenvalue weighted by Gasteiger charge is -2.11. The molecule has 11 heavy (non-hydrogen) atoms. The summed E-state index contributed by atoms with van der Waals surface area (Å²) in [5, 5.41) is 8.50. The number of carboxylic acid groups (broad SMARTS) is 1. The summed E-state index contributed by atoms with van der Waals surface area (Å²) in [5.74, 6) is -0.769. The lowest BCUT2D eigenvalue weighted by Crippen LogP contribution is -2.13. The Morgan fingerprint density at radius 3 is 2.27 bits per heavy atom. The fraction of sp³-hybridized carbons (Fsp3) is 0.571. The molecule has 0 aromatic carbocycles. The lowest BCUT2D eigenvalue weighted by atomic mass is 9.95. The Kier molecular flexibility index (Phi) is 7.91. The highest BCUT2D eigenvalue weighted by Crippen LogP contribution is 2.17. The topological polar surface area (TPSA) is 37.3 Å². The molecule has 1 rings (SSSR count). The summed E-state index contributed by atoms with van der Waals surface area (Å²) >= 11 is 0. The predicted molar refractivity (Wildman–Crippen MR) is 48.6 cm³/mol. The zero-order valence-corrected chi connectivity index (χ0v) is 7.66. The highest BCUT2D eigenvalue weighted by atomic mass is 35.5. The molecule has 1 N–H and O–H groups in total. The summed E-state index contributed by atoms with van der Waals surface area (Å²) in [6.45, 7) is 0. The van der Waals surface area contributed by atoms with Crippen LogP contribution in [0.15, 0.2) is 12.2 Å². The predicted octanol–water partition coefficient (Wildman–Crippen LogP) is 2.27. The van der Waals surface area contributed by atoms with Crippen LogP contribution in [0.2, 0.25) is 0 Å². The standard InChI is InChI=1S/C7H10O2.2ClH/c8-7(9)6-4-2-1-3-5-6;;/h1-2,6H,3-5H2,(H,8,9);2*1H. The Morgan fingerprint density at radius 1 is 1.36 bits per heavy atom. The van der Waals surface area contributed by atoms with E-state index in [2.05, 4.69) is 0 Å². The van der Waals surface area contributed by atoms with E-state index in [1.165, 1.54) is 0 Å². The van der Waals surface area contributed by atoms with E-state index >= 15 is 0 Å². The molecular formula is C7H12Cl2O2. The molecule has 1 aliphatic carbocycles. The SMILES string of the molecule is Cl.Cl.O=C(O)C1CC=CCC1. The molecule has 0 heterocycles. The maximum absolute atomic E-state index is 10.3. The molecule has 1 atom stereocenters. The summed E-state index contributed by atoms with van der Waals surface area (Å²) in [4.78, 5) is 10.3. The minimum atomic E-state index is -0.653. The summed E-state index contributed by atoms with van der Waals surface area (Å²) in [7, 11) is 0. The molecule has 0 aromatic heterocycles. The second-order valence-electron chi connectivity index (χ2n) is 2.32. The van der Waals surface area contributed by atoms with Gasteiger partial charge in [-0.3, -0.25) is 4.79 Å². The number of hydrogen-bond acceptors (Lipinski definition) is 1. The molecule has 0 aliphatic heterocycles. The van der Waals surface area contributed by atoms with Crippen LogP contribution in [0.3, 0.4) is 0 Å². The number of allylic oxidation sites excluding steroid dienone is 2. The third-order valence-electron chi connectivity index (χ3n) is 1.62. The van der Waals surface area contributed by atoms with Gasteiger partial charge in [0, 0.05) is 0 Å². The quantitative estimate of drug-likeness (QED) is 0.657. The van der Waals surface area contributed by atoms with E-state index in [4.69, 9.17) is 5.11 Å². The van der Waals surface area contributed by atoms with E-state index in [0.717, 1.165) is 19.3 Å². The van der Waals surface area contributed by atoms with Gasteiger partial charge < -0.3 is 5.11 Å². The van der Waals surface area contributed by atoms with Crippen LogP contribution in [0.1, 0.15) is 19.3 Å². The van der Waals surface area contributed by atoms with Gasteiger partial charge >= 0.3 is 5.97 Å². The van der Waals surface area contributed by atoms with E-state index in [0.29, 0.717) is 0 Å². The first-order valence-electron chi connectivity index (χ1n) is 3.18. The Bertz CT molecular complexity index is 145. The van der Waals surface area contributed by atoms with Crippen LogP contribution in [-0.4, -0.2) is 11.1 Å². The molecular weight excluding hydrogens is 187 g/mol. The summed E-state index contributed by atoms with van der Waals surface area (Å²) in [6.07, 6.45) is 6.44. The van der Waals surface area contributed by atoms with Crippen molar-refractivity contribution in [2.24, 2.45) is 5.92 Å². The number of hydrogen-bond donors (Lipinski definition) is 1. The molecule has 0 fully saturated rings. The van der Waals surface area contributed by atoms with Gasteiger partial charge in [0.05, 0.1) is 5.92 Å². The van der Waals surface area contributed by atoms with Crippen LogP contribution in [0, 0.1) is 5.92 Å². The van der Waals surface area contributed by atoms with Crippen molar-refractivity contribution in [3.63, 3.8) is 0 Å². The van der Waals surface area contributed by atoms with Crippen molar-refractivity contribution in [2.75, 3.05) is 0 Å². The normalized spacial score (nSPS) is 21.3. The molecule has 2 nitrogen and oxygen atoms in total. The van der Waals surface area contributed by atoms with Gasteiger partial charge in [-0.25, -0.2) is 0 Å². The molecule has 0 amide bonds. The largest absolute Gasteiger partial charge is 0.481 e. The average molecular weight is 199 g/mol. The smallest absolute Gasteiger partial charge is 0.306 e. The highest BCUT2D eigenvalue weighted by Gasteiger charge is 2.16. The van der Waals surface area contributed by atoms with Crippen LogP contribution in [0.4, 0.5) is 0 Å². The fourth-order valence-corrected chi connectivity index (χ4v) is 1.02. The van der Waals surface area contributed by atoms with Gasteiger partial charge in [0.1, 0.15) is 0 Å². The third kappa shape index (κ3) is 4.27. The van der Waals surface area contributed by atoms with Gasteiger partial charge in [-0.2, -0.15) is 0 Å². The van der Waals surface area contributed by atoms with Crippen LogP contribution in [-0.2, 0) is 4.79 Å². The maximum atomic E-state index is 10.3. The van der Waals surface area contributed by atoms with E-state index in [-0.39, 0.29) is 30.7 Å². The van der Waals surface area contributed by atoms with E-state index in [9.17, 15) is 4.79 Å². The molecule has 0 saturated carbocycles. The van der Waals surface area contributed by atoms with Crippen molar-refractivity contribution in [3.8, 4) is 0 Å². The summed E-state index contributed by atoms with van der Waals surface area (Å²) in [6, 6.07) is 0. The van der Waals surface area contributed by atoms with E-state index < -0.39 is 5.97 Å². The van der Waals surface area contributed by atoms with Crippen molar-refractivity contribution in [1.82, 2.24) is 0 Å². The summed E-state index contributed by atoms with van der Waals surface area (Å²) < 4.78 is 0. The number of aliphatic carboxylic acids is 1. The maximum Gasteiger partial charge on any atom is 0.306 e. The Labute approximate surface area is 78.5 Å². The molecule has 0 spiro atoms. The van der Waals surface area contributed by atoms with Crippen LogP contribution in [0.25, 0.3) is 0 Å². The van der Waals surface area contributed by atoms with Crippen molar-refractivity contribution in [3.05, 3.63) is 12.2 Å². The van der Waals surface area contributed by atoms with E-state index in [1.807, 2.05) is 12.2 Å². The minimum Gasteiger partial charge on any atom is -0.481 e. The van der Waals surface area contributed by atoms with Crippen LogP contribution >= 0.6 is 24.8 Å². The van der Waals surface area contributed by atoms with Crippen LogP contribution in [0.5, 0.6) is 0 Å². The number of halogens is 2. The molecule has 4 heteroatoms. The van der Waals surface area contributed by atoms with Crippen molar-refractivity contribution >= 4 is 30.8 Å². The highest BCUT2D eigenvalue weighted by molar-refractivity contribution is 5.85. The van der Waals surface area contributed by atoms with Crippen molar-refractivity contribution in [1.29, 1.82) is 0 Å². The van der Waals surface area contributed by atoms with Gasteiger partial charge in [-0.05, 0) is 19.3 Å². The molecule has 0 bridgehead atoms. The third-order valence-corrected chi connectivity index (χ3v) is 1.62. The molecule has 1 unspecified atom stereocenters. The molecule has 66 valence electrons. The van der Waals surface area contributed by atoms with Gasteiger partial charge in [0.2, 0.25) is 0 Å². The Balaban J connectivity index is 0. The number of carbonyl (C=O) groups is 1. The fourth-order valence-electron chi connectivity index (χ4n) is 1.02. The second kappa shape index (κ2) is 6.50. The van der Waals surface area contributed by atoms with E-state index in [1.54, 1.807) is 0 Å².